The number of nitrogens with one attached hydrogen (secondary N) is 1. The second kappa shape index (κ2) is 6.71. The van der Waals surface area contributed by atoms with Crippen molar-refractivity contribution >= 4 is 6.20 Å². The van der Waals surface area contributed by atoms with Gasteiger partial charge in [0.15, 0.2) is 0 Å². The van der Waals surface area contributed by atoms with Crippen molar-refractivity contribution in [3.8, 4) is 0 Å². The van der Waals surface area contributed by atoms with E-state index in [0.717, 1.165) is 6.54 Å². The maximum atomic E-state index is 4.19. The topological polar surface area (TPSA) is 33.1 Å². The van der Waals surface area contributed by atoms with E-state index < -0.39 is 0 Å². The lowest BCUT2D eigenvalue weighted by Crippen LogP contribution is -2.42. The number of hydrogen-bond acceptors (Lipinski definition) is 3. The Morgan fingerprint density at radius 3 is 2.89 bits per heavy atom. The summed E-state index contributed by atoms with van der Waals surface area (Å²) in [6.07, 6.45) is 9.42. The number of rotatable bonds is 6. The van der Waals surface area contributed by atoms with E-state index in [1.165, 1.54) is 44.5 Å². The third kappa shape index (κ3) is 3.68. The first-order chi connectivity index (χ1) is 8.81. The highest BCUT2D eigenvalue weighted by Gasteiger charge is 2.17. The molecule has 0 unspecified atom stereocenters. The Kier molecular flexibility index (Phi) is 4.96. The van der Waals surface area contributed by atoms with Crippen LogP contribution in [0.4, 0.5) is 0 Å². The number of likely N-dealkylation sites (tertiary alicyclic amines) is 1. The SMILES string of the molecule is C=Cn1cc(CNC2CCN(CCC)CC2)cn1. The summed E-state index contributed by atoms with van der Waals surface area (Å²) in [5, 5.41) is 7.81. The van der Waals surface area contributed by atoms with Crippen LogP contribution in [-0.4, -0.2) is 40.4 Å². The molecule has 1 aromatic rings. The van der Waals surface area contributed by atoms with E-state index in [9.17, 15) is 0 Å². The molecule has 18 heavy (non-hydrogen) atoms. The molecule has 4 heteroatoms. The predicted octanol–water partition coefficient (Wildman–Crippen LogP) is 1.95. The third-order valence-electron chi connectivity index (χ3n) is 3.56. The average Bonchev–Trinajstić information content (AvgIpc) is 2.86. The van der Waals surface area contributed by atoms with Crippen LogP contribution in [0.5, 0.6) is 0 Å². The summed E-state index contributed by atoms with van der Waals surface area (Å²) >= 11 is 0. The van der Waals surface area contributed by atoms with Gasteiger partial charge in [-0.05, 0) is 38.9 Å². The molecule has 100 valence electrons. The van der Waals surface area contributed by atoms with Crippen LogP contribution in [-0.2, 0) is 6.54 Å². The molecule has 1 aromatic heterocycles. The normalized spacial score (nSPS) is 18.1. The lowest BCUT2D eigenvalue weighted by atomic mass is 10.0. The van der Waals surface area contributed by atoms with Crippen LogP contribution in [0.3, 0.4) is 0 Å². The van der Waals surface area contributed by atoms with E-state index in [2.05, 4.69) is 28.8 Å². The first kappa shape index (κ1) is 13.3. The highest BCUT2D eigenvalue weighted by Crippen LogP contribution is 2.11. The van der Waals surface area contributed by atoms with Crippen molar-refractivity contribution in [3.05, 3.63) is 24.5 Å². The summed E-state index contributed by atoms with van der Waals surface area (Å²) in [6, 6.07) is 0.658. The van der Waals surface area contributed by atoms with E-state index >= 15 is 0 Å². The van der Waals surface area contributed by atoms with Gasteiger partial charge in [0, 0.05) is 30.5 Å². The van der Waals surface area contributed by atoms with Crippen LogP contribution in [0.1, 0.15) is 31.7 Å². The highest BCUT2D eigenvalue weighted by atomic mass is 15.2. The van der Waals surface area contributed by atoms with Gasteiger partial charge in [0.25, 0.3) is 0 Å². The van der Waals surface area contributed by atoms with Crippen LogP contribution in [0.15, 0.2) is 19.0 Å². The van der Waals surface area contributed by atoms with Crippen molar-refractivity contribution in [1.29, 1.82) is 0 Å². The Morgan fingerprint density at radius 1 is 1.50 bits per heavy atom. The Morgan fingerprint density at radius 2 is 2.28 bits per heavy atom. The Balaban J connectivity index is 1.70. The molecular formula is C14H24N4. The minimum absolute atomic E-state index is 0.658. The Hall–Kier alpha value is -1.13. The lowest BCUT2D eigenvalue weighted by molar-refractivity contribution is 0.197. The van der Waals surface area contributed by atoms with E-state index in [1.54, 1.807) is 10.9 Å². The van der Waals surface area contributed by atoms with Crippen LogP contribution in [0.2, 0.25) is 0 Å². The molecule has 0 radical (unpaired) electrons. The minimum Gasteiger partial charge on any atom is -0.310 e. The van der Waals surface area contributed by atoms with Crippen molar-refractivity contribution in [1.82, 2.24) is 20.0 Å². The van der Waals surface area contributed by atoms with Gasteiger partial charge in [0.05, 0.1) is 6.20 Å². The van der Waals surface area contributed by atoms with Gasteiger partial charge in [-0.25, -0.2) is 4.68 Å². The molecule has 1 saturated heterocycles. The average molecular weight is 248 g/mol. The molecule has 0 aliphatic carbocycles. The molecule has 0 saturated carbocycles. The molecule has 4 nitrogen and oxygen atoms in total. The largest absolute Gasteiger partial charge is 0.310 e. The molecule has 0 spiro atoms. The maximum Gasteiger partial charge on any atom is 0.0538 e. The zero-order valence-electron chi connectivity index (χ0n) is 11.3. The number of aromatic nitrogens is 2. The predicted molar refractivity (Wildman–Crippen MR) is 75.2 cm³/mol. The quantitative estimate of drug-likeness (QED) is 0.835. The van der Waals surface area contributed by atoms with Crippen molar-refractivity contribution < 1.29 is 0 Å². The number of piperidine rings is 1. The highest BCUT2D eigenvalue weighted by molar-refractivity contribution is 5.17. The number of nitrogens with zero attached hydrogens (tertiary/aromatic N) is 3. The molecule has 1 fully saturated rings. The first-order valence-corrected chi connectivity index (χ1v) is 6.93. The monoisotopic (exact) mass is 248 g/mol. The minimum atomic E-state index is 0.658. The van der Waals surface area contributed by atoms with Crippen molar-refractivity contribution in [2.75, 3.05) is 19.6 Å². The first-order valence-electron chi connectivity index (χ1n) is 6.93. The zero-order chi connectivity index (χ0) is 12.8. The van der Waals surface area contributed by atoms with Gasteiger partial charge in [-0.15, -0.1) is 0 Å². The van der Waals surface area contributed by atoms with Gasteiger partial charge in [0.1, 0.15) is 0 Å². The number of hydrogen-bond donors (Lipinski definition) is 1. The summed E-state index contributed by atoms with van der Waals surface area (Å²) in [5.74, 6) is 0. The second-order valence-electron chi connectivity index (χ2n) is 5.01. The second-order valence-corrected chi connectivity index (χ2v) is 5.01. The Bertz CT molecular complexity index is 364. The Labute approximate surface area is 110 Å². The van der Waals surface area contributed by atoms with Gasteiger partial charge in [-0.3, -0.25) is 0 Å². The van der Waals surface area contributed by atoms with Gasteiger partial charge in [-0.2, -0.15) is 5.10 Å². The van der Waals surface area contributed by atoms with E-state index in [0.29, 0.717) is 6.04 Å². The summed E-state index contributed by atoms with van der Waals surface area (Å²) < 4.78 is 1.75. The van der Waals surface area contributed by atoms with E-state index in [-0.39, 0.29) is 0 Å². The van der Waals surface area contributed by atoms with Gasteiger partial charge in [0.2, 0.25) is 0 Å². The molecule has 0 aromatic carbocycles. The maximum absolute atomic E-state index is 4.19. The molecule has 1 aliphatic rings. The van der Waals surface area contributed by atoms with Gasteiger partial charge in [-0.1, -0.05) is 13.5 Å². The van der Waals surface area contributed by atoms with Crippen molar-refractivity contribution in [3.63, 3.8) is 0 Å². The molecule has 2 heterocycles. The zero-order valence-corrected chi connectivity index (χ0v) is 11.3. The molecule has 1 N–H and O–H groups in total. The van der Waals surface area contributed by atoms with Gasteiger partial charge < -0.3 is 10.2 Å². The summed E-state index contributed by atoms with van der Waals surface area (Å²) in [5.41, 5.74) is 1.23. The van der Waals surface area contributed by atoms with E-state index in [4.69, 9.17) is 0 Å². The smallest absolute Gasteiger partial charge is 0.0538 e. The van der Waals surface area contributed by atoms with Crippen LogP contribution < -0.4 is 5.32 Å². The fraction of sp³-hybridized carbons (Fsp3) is 0.643. The fourth-order valence-electron chi connectivity index (χ4n) is 2.51. The summed E-state index contributed by atoms with van der Waals surface area (Å²) in [7, 11) is 0. The van der Waals surface area contributed by atoms with E-state index in [1.807, 2.05) is 12.4 Å². The molecule has 0 amide bonds. The van der Waals surface area contributed by atoms with Crippen LogP contribution in [0, 0.1) is 0 Å². The van der Waals surface area contributed by atoms with Crippen LogP contribution in [0.25, 0.3) is 6.20 Å². The summed E-state index contributed by atoms with van der Waals surface area (Å²) in [6.45, 7) is 10.6. The lowest BCUT2D eigenvalue weighted by Gasteiger charge is -2.32. The van der Waals surface area contributed by atoms with Crippen LogP contribution >= 0.6 is 0 Å². The fourth-order valence-corrected chi connectivity index (χ4v) is 2.51. The standard InChI is InChI=1S/C14H24N4/c1-3-7-17-8-5-14(6-9-17)15-10-13-11-16-18(4-2)12-13/h4,11-12,14-15H,2-3,5-10H2,1H3. The molecular weight excluding hydrogens is 224 g/mol. The third-order valence-corrected chi connectivity index (χ3v) is 3.56. The molecule has 0 atom stereocenters. The molecule has 2 rings (SSSR count). The van der Waals surface area contributed by atoms with Crippen molar-refractivity contribution in [2.45, 2.75) is 38.8 Å². The van der Waals surface area contributed by atoms with Gasteiger partial charge >= 0.3 is 0 Å². The summed E-state index contributed by atoms with van der Waals surface area (Å²) in [4.78, 5) is 2.56. The molecule has 0 bridgehead atoms. The molecule has 1 aliphatic heterocycles. The van der Waals surface area contributed by atoms with Crippen molar-refractivity contribution in [2.24, 2.45) is 0 Å².